The highest BCUT2D eigenvalue weighted by Crippen LogP contribution is 2.26. The first-order chi connectivity index (χ1) is 9.84. The standard InChI is InChI=1S/C15H23ClN2O2S/c1-12-14(16)8-6-9-15(12)21(19,20)18(3)11-13-7-4-5-10-17(13)2/h6,8-9,13H,4-5,7,10-11H2,1-3H3. The van der Waals surface area contributed by atoms with E-state index in [0.717, 1.165) is 13.0 Å². The van der Waals surface area contributed by atoms with E-state index in [1.165, 1.54) is 17.1 Å². The van der Waals surface area contributed by atoms with Crippen LogP contribution in [0.3, 0.4) is 0 Å². The van der Waals surface area contributed by atoms with Gasteiger partial charge in [-0.15, -0.1) is 0 Å². The molecule has 0 aromatic heterocycles. The molecule has 0 amide bonds. The average molecular weight is 331 g/mol. The molecule has 1 aliphatic rings. The lowest BCUT2D eigenvalue weighted by molar-refractivity contribution is 0.166. The maximum atomic E-state index is 12.7. The molecule has 1 heterocycles. The molecular formula is C15H23ClN2O2S. The molecule has 6 heteroatoms. The molecule has 2 rings (SSSR count). The Morgan fingerprint density at radius 2 is 2.10 bits per heavy atom. The van der Waals surface area contributed by atoms with Crippen LogP contribution in [-0.2, 0) is 10.0 Å². The second-order valence-corrected chi connectivity index (χ2v) is 8.20. The van der Waals surface area contributed by atoms with Crippen LogP contribution in [0.4, 0.5) is 0 Å². The van der Waals surface area contributed by atoms with E-state index in [0.29, 0.717) is 22.0 Å². The second kappa shape index (κ2) is 6.65. The normalized spacial score (nSPS) is 20.9. The molecule has 1 saturated heterocycles. The molecule has 118 valence electrons. The van der Waals surface area contributed by atoms with E-state index in [1.54, 1.807) is 32.2 Å². The summed E-state index contributed by atoms with van der Waals surface area (Å²) in [7, 11) is 0.223. The van der Waals surface area contributed by atoms with Crippen molar-refractivity contribution in [2.24, 2.45) is 0 Å². The van der Waals surface area contributed by atoms with E-state index in [2.05, 4.69) is 11.9 Å². The van der Waals surface area contributed by atoms with Crippen molar-refractivity contribution in [3.63, 3.8) is 0 Å². The Hall–Kier alpha value is -0.620. The van der Waals surface area contributed by atoms with Gasteiger partial charge in [-0.3, -0.25) is 0 Å². The van der Waals surface area contributed by atoms with Crippen molar-refractivity contribution < 1.29 is 8.42 Å². The largest absolute Gasteiger partial charge is 0.302 e. The van der Waals surface area contributed by atoms with E-state index >= 15 is 0 Å². The van der Waals surface area contributed by atoms with E-state index in [4.69, 9.17) is 11.6 Å². The van der Waals surface area contributed by atoms with E-state index in [1.807, 2.05) is 0 Å². The summed E-state index contributed by atoms with van der Waals surface area (Å²) in [5, 5.41) is 0.485. The lowest BCUT2D eigenvalue weighted by Crippen LogP contribution is -2.45. The summed E-state index contributed by atoms with van der Waals surface area (Å²) in [5.74, 6) is 0. The van der Waals surface area contributed by atoms with Crippen molar-refractivity contribution in [2.45, 2.75) is 37.1 Å². The molecule has 21 heavy (non-hydrogen) atoms. The first-order valence-electron chi connectivity index (χ1n) is 7.25. The quantitative estimate of drug-likeness (QED) is 0.852. The Balaban J connectivity index is 2.20. The summed E-state index contributed by atoms with van der Waals surface area (Å²) < 4.78 is 26.9. The van der Waals surface area contributed by atoms with Crippen molar-refractivity contribution in [2.75, 3.05) is 27.2 Å². The van der Waals surface area contributed by atoms with Crippen LogP contribution in [0.5, 0.6) is 0 Å². The molecule has 0 bridgehead atoms. The Labute approximate surface area is 132 Å². The molecular weight excluding hydrogens is 308 g/mol. The number of likely N-dealkylation sites (N-methyl/N-ethyl adjacent to an activating group) is 2. The number of nitrogens with zero attached hydrogens (tertiary/aromatic N) is 2. The summed E-state index contributed by atoms with van der Waals surface area (Å²) in [6.45, 7) is 3.30. The molecule has 0 aliphatic carbocycles. The van der Waals surface area contributed by atoms with Crippen LogP contribution in [0.15, 0.2) is 23.1 Å². The third-order valence-corrected chi connectivity index (χ3v) is 6.67. The molecule has 0 spiro atoms. The van der Waals surface area contributed by atoms with E-state index < -0.39 is 10.0 Å². The number of sulfonamides is 1. The fourth-order valence-electron chi connectivity index (χ4n) is 2.80. The third-order valence-electron chi connectivity index (χ3n) is 4.30. The van der Waals surface area contributed by atoms with Crippen molar-refractivity contribution in [1.82, 2.24) is 9.21 Å². The molecule has 1 unspecified atom stereocenters. The van der Waals surface area contributed by atoms with Crippen molar-refractivity contribution in [1.29, 1.82) is 0 Å². The first-order valence-corrected chi connectivity index (χ1v) is 9.07. The van der Waals surface area contributed by atoms with Gasteiger partial charge >= 0.3 is 0 Å². The van der Waals surface area contributed by atoms with Gasteiger partial charge < -0.3 is 4.90 Å². The van der Waals surface area contributed by atoms with Gasteiger partial charge in [-0.25, -0.2) is 8.42 Å². The molecule has 1 aromatic carbocycles. The van der Waals surface area contributed by atoms with Gasteiger partial charge in [0.2, 0.25) is 10.0 Å². The lowest BCUT2D eigenvalue weighted by atomic mass is 10.0. The Morgan fingerprint density at radius 3 is 2.76 bits per heavy atom. The minimum absolute atomic E-state index is 0.290. The predicted molar refractivity (Wildman–Crippen MR) is 86.3 cm³/mol. The monoisotopic (exact) mass is 330 g/mol. The summed E-state index contributed by atoms with van der Waals surface area (Å²) in [6.07, 6.45) is 3.40. The molecule has 0 radical (unpaired) electrons. The Bertz CT molecular complexity index is 604. The fourth-order valence-corrected chi connectivity index (χ4v) is 4.49. The van der Waals surface area contributed by atoms with E-state index in [9.17, 15) is 8.42 Å². The van der Waals surface area contributed by atoms with Crippen LogP contribution in [-0.4, -0.2) is 50.8 Å². The minimum Gasteiger partial charge on any atom is -0.302 e. The zero-order chi connectivity index (χ0) is 15.6. The number of likely N-dealkylation sites (tertiary alicyclic amines) is 1. The van der Waals surface area contributed by atoms with Gasteiger partial charge in [0.25, 0.3) is 0 Å². The molecule has 0 saturated carbocycles. The number of halogens is 1. The number of hydrogen-bond acceptors (Lipinski definition) is 3. The lowest BCUT2D eigenvalue weighted by Gasteiger charge is -2.34. The number of rotatable bonds is 4. The molecule has 1 fully saturated rings. The SMILES string of the molecule is Cc1c(Cl)cccc1S(=O)(=O)N(C)CC1CCCCN1C. The highest BCUT2D eigenvalue weighted by atomic mass is 35.5. The number of hydrogen-bond donors (Lipinski definition) is 0. The predicted octanol–water partition coefficient (Wildman–Crippen LogP) is 2.75. The smallest absolute Gasteiger partial charge is 0.243 e. The molecule has 0 N–H and O–H groups in total. The van der Waals surface area contributed by atoms with E-state index in [-0.39, 0.29) is 6.04 Å². The highest BCUT2D eigenvalue weighted by molar-refractivity contribution is 7.89. The maximum Gasteiger partial charge on any atom is 0.243 e. The van der Waals surface area contributed by atoms with Gasteiger partial charge in [0.05, 0.1) is 4.90 Å². The third kappa shape index (κ3) is 3.59. The maximum absolute atomic E-state index is 12.7. The van der Waals surface area contributed by atoms with Crippen LogP contribution >= 0.6 is 11.6 Å². The van der Waals surface area contributed by atoms with Gasteiger partial charge in [0, 0.05) is 24.7 Å². The van der Waals surface area contributed by atoms with Gasteiger partial charge in [0.1, 0.15) is 0 Å². The molecule has 1 atom stereocenters. The summed E-state index contributed by atoms with van der Waals surface area (Å²) in [5.41, 5.74) is 0.614. The molecule has 1 aliphatic heterocycles. The number of benzene rings is 1. The Morgan fingerprint density at radius 1 is 1.38 bits per heavy atom. The van der Waals surface area contributed by atoms with Crippen LogP contribution in [0.1, 0.15) is 24.8 Å². The van der Waals surface area contributed by atoms with Gasteiger partial charge in [-0.1, -0.05) is 24.1 Å². The summed E-state index contributed by atoms with van der Waals surface area (Å²) in [4.78, 5) is 2.55. The first kappa shape index (κ1) is 16.7. The van der Waals surface area contributed by atoms with Crippen LogP contribution in [0.2, 0.25) is 5.02 Å². The van der Waals surface area contributed by atoms with Gasteiger partial charge in [-0.2, -0.15) is 4.31 Å². The van der Waals surface area contributed by atoms with Crippen molar-refractivity contribution >= 4 is 21.6 Å². The fraction of sp³-hybridized carbons (Fsp3) is 0.600. The van der Waals surface area contributed by atoms with Crippen LogP contribution in [0, 0.1) is 6.92 Å². The molecule has 1 aromatic rings. The zero-order valence-electron chi connectivity index (χ0n) is 12.8. The van der Waals surface area contributed by atoms with Gasteiger partial charge in [-0.05, 0) is 51.1 Å². The second-order valence-electron chi connectivity index (χ2n) is 5.78. The summed E-state index contributed by atoms with van der Waals surface area (Å²) >= 11 is 6.05. The minimum atomic E-state index is -3.49. The zero-order valence-corrected chi connectivity index (χ0v) is 14.4. The average Bonchev–Trinajstić information content (AvgIpc) is 2.44. The Kier molecular flexibility index (Phi) is 5.30. The van der Waals surface area contributed by atoms with Crippen LogP contribution < -0.4 is 0 Å². The van der Waals surface area contributed by atoms with Gasteiger partial charge in [0.15, 0.2) is 0 Å². The molecule has 4 nitrogen and oxygen atoms in total. The topological polar surface area (TPSA) is 40.6 Å². The van der Waals surface area contributed by atoms with Crippen LogP contribution in [0.25, 0.3) is 0 Å². The van der Waals surface area contributed by atoms with Crippen molar-refractivity contribution in [3.8, 4) is 0 Å². The van der Waals surface area contributed by atoms with Crippen molar-refractivity contribution in [3.05, 3.63) is 28.8 Å². The number of piperidine rings is 1. The highest BCUT2D eigenvalue weighted by Gasteiger charge is 2.28. The summed E-state index contributed by atoms with van der Waals surface area (Å²) in [6, 6.07) is 5.31.